The van der Waals surface area contributed by atoms with Gasteiger partial charge in [-0.25, -0.2) is 0 Å². The van der Waals surface area contributed by atoms with Crippen LogP contribution in [0.2, 0.25) is 5.02 Å². The Balaban J connectivity index is 1.37. The molecule has 2 aromatic carbocycles. The van der Waals surface area contributed by atoms with Crippen molar-refractivity contribution in [2.24, 2.45) is 0 Å². The average molecular weight is 516 g/mol. The van der Waals surface area contributed by atoms with Gasteiger partial charge in [0.2, 0.25) is 0 Å². The quantitative estimate of drug-likeness (QED) is 0.378. The number of rotatable bonds is 11. The van der Waals surface area contributed by atoms with E-state index in [0.717, 1.165) is 24.2 Å². The van der Waals surface area contributed by atoms with Crippen LogP contribution in [0.25, 0.3) is 0 Å². The van der Waals surface area contributed by atoms with Crippen molar-refractivity contribution in [2.45, 2.75) is 25.6 Å². The smallest absolute Gasteiger partial charge is 0.161 e. The predicted molar refractivity (Wildman–Crippen MR) is 138 cm³/mol. The minimum Gasteiger partial charge on any atom is -0.493 e. The number of nitrogens with zero attached hydrogens (tertiary/aromatic N) is 3. The maximum Gasteiger partial charge on any atom is 0.161 e. The summed E-state index contributed by atoms with van der Waals surface area (Å²) in [6, 6.07) is 13.4. The van der Waals surface area contributed by atoms with E-state index in [2.05, 4.69) is 16.1 Å². The number of hydrogen-bond donors (Lipinski definition) is 0. The normalized spacial score (nSPS) is 18.6. The molecule has 1 unspecified atom stereocenters. The van der Waals surface area contributed by atoms with Gasteiger partial charge in [0.25, 0.3) is 0 Å². The fourth-order valence-electron chi connectivity index (χ4n) is 4.19. The summed E-state index contributed by atoms with van der Waals surface area (Å²) in [6.45, 7) is 6.78. The van der Waals surface area contributed by atoms with E-state index in [4.69, 9.17) is 35.3 Å². The van der Waals surface area contributed by atoms with E-state index in [1.807, 2.05) is 54.3 Å². The maximum absolute atomic E-state index is 6.10. The molecule has 8 nitrogen and oxygen atoms in total. The molecule has 1 aliphatic rings. The molecular formula is C27H34ClN3O5. The summed E-state index contributed by atoms with van der Waals surface area (Å²) in [5.74, 6) is 2.13. The first-order valence-corrected chi connectivity index (χ1v) is 12.4. The lowest BCUT2D eigenvalue weighted by molar-refractivity contribution is -0.0925. The molecule has 9 heteroatoms. The van der Waals surface area contributed by atoms with Gasteiger partial charge < -0.3 is 23.7 Å². The van der Waals surface area contributed by atoms with Gasteiger partial charge in [-0.05, 0) is 48.4 Å². The zero-order valence-electron chi connectivity index (χ0n) is 21.1. The molecule has 0 N–H and O–H groups in total. The van der Waals surface area contributed by atoms with Crippen LogP contribution in [0, 0.1) is 6.92 Å². The van der Waals surface area contributed by atoms with Crippen LogP contribution in [0.4, 0.5) is 0 Å². The van der Waals surface area contributed by atoms with Gasteiger partial charge in [0.05, 0.1) is 33.1 Å². The third-order valence-electron chi connectivity index (χ3n) is 6.13. The van der Waals surface area contributed by atoms with Crippen molar-refractivity contribution < 1.29 is 23.7 Å². The SMILES string of the molecule is COc1cc(CN2CCOCC(COc3cccc(Cl)c3)(OC)C2)ccc1OCCn1cc(C)cn1. The molecule has 0 aliphatic carbocycles. The molecule has 194 valence electrons. The van der Waals surface area contributed by atoms with Crippen molar-refractivity contribution in [1.82, 2.24) is 14.7 Å². The molecule has 0 bridgehead atoms. The van der Waals surface area contributed by atoms with Crippen molar-refractivity contribution in [3.05, 3.63) is 71.0 Å². The Hall–Kier alpha value is -2.78. The summed E-state index contributed by atoms with van der Waals surface area (Å²) in [7, 11) is 3.36. The van der Waals surface area contributed by atoms with Gasteiger partial charge >= 0.3 is 0 Å². The van der Waals surface area contributed by atoms with E-state index >= 15 is 0 Å². The summed E-state index contributed by atoms with van der Waals surface area (Å²) in [5, 5.41) is 4.93. The second-order valence-electron chi connectivity index (χ2n) is 9.01. The maximum atomic E-state index is 6.10. The van der Waals surface area contributed by atoms with Crippen molar-refractivity contribution in [1.29, 1.82) is 0 Å². The van der Waals surface area contributed by atoms with E-state index in [-0.39, 0.29) is 0 Å². The van der Waals surface area contributed by atoms with Crippen molar-refractivity contribution >= 4 is 11.6 Å². The first-order valence-electron chi connectivity index (χ1n) is 12.0. The van der Waals surface area contributed by atoms with Crippen molar-refractivity contribution in [3.63, 3.8) is 0 Å². The van der Waals surface area contributed by atoms with Crippen LogP contribution in [0.1, 0.15) is 11.1 Å². The largest absolute Gasteiger partial charge is 0.493 e. The van der Waals surface area contributed by atoms with Gasteiger partial charge in [-0.15, -0.1) is 0 Å². The zero-order chi connectivity index (χ0) is 25.4. The van der Waals surface area contributed by atoms with Crippen LogP contribution < -0.4 is 14.2 Å². The van der Waals surface area contributed by atoms with E-state index in [0.29, 0.717) is 61.8 Å². The standard InChI is InChI=1S/C27H34ClN3O5/c1-21-15-29-31(16-21)10-12-35-25-8-7-22(13-26(25)32-2)17-30-9-11-34-19-27(18-30,33-3)20-36-24-6-4-5-23(28)14-24/h4-8,13-16H,9-12,17-20H2,1-3H3. The number of halogens is 1. The van der Waals surface area contributed by atoms with Gasteiger partial charge in [0.1, 0.15) is 24.6 Å². The van der Waals surface area contributed by atoms with Gasteiger partial charge in [0.15, 0.2) is 11.5 Å². The lowest BCUT2D eigenvalue weighted by Crippen LogP contribution is -2.50. The minimum absolute atomic E-state index is 0.353. The second-order valence-corrected chi connectivity index (χ2v) is 9.45. The van der Waals surface area contributed by atoms with Gasteiger partial charge in [-0.2, -0.15) is 5.10 Å². The summed E-state index contributed by atoms with van der Waals surface area (Å²) in [4.78, 5) is 2.31. The van der Waals surface area contributed by atoms with E-state index in [1.54, 1.807) is 20.3 Å². The van der Waals surface area contributed by atoms with Crippen molar-refractivity contribution in [3.8, 4) is 17.2 Å². The second kappa shape index (κ2) is 12.5. The molecule has 1 fully saturated rings. The first-order chi connectivity index (χ1) is 17.5. The van der Waals surface area contributed by atoms with Crippen LogP contribution in [0.5, 0.6) is 17.2 Å². The molecule has 1 aliphatic heterocycles. The van der Waals surface area contributed by atoms with Crippen LogP contribution in [0.3, 0.4) is 0 Å². The molecule has 0 amide bonds. The number of aryl methyl sites for hydroxylation is 1. The molecular weight excluding hydrogens is 482 g/mol. The number of benzene rings is 2. The fourth-order valence-corrected chi connectivity index (χ4v) is 4.37. The molecule has 4 rings (SSSR count). The third-order valence-corrected chi connectivity index (χ3v) is 6.37. The van der Waals surface area contributed by atoms with Crippen LogP contribution in [0.15, 0.2) is 54.9 Å². The highest BCUT2D eigenvalue weighted by atomic mass is 35.5. The molecule has 1 aromatic heterocycles. The Bertz CT molecular complexity index is 1120. The van der Waals surface area contributed by atoms with Gasteiger partial charge in [-0.3, -0.25) is 9.58 Å². The molecule has 0 radical (unpaired) electrons. The lowest BCUT2D eigenvalue weighted by atomic mass is 10.1. The monoisotopic (exact) mass is 515 g/mol. The minimum atomic E-state index is -0.600. The van der Waals surface area contributed by atoms with E-state index in [1.165, 1.54) is 0 Å². The highest BCUT2D eigenvalue weighted by Crippen LogP contribution is 2.29. The highest BCUT2D eigenvalue weighted by Gasteiger charge is 2.36. The molecule has 2 heterocycles. The van der Waals surface area contributed by atoms with E-state index < -0.39 is 5.60 Å². The summed E-state index contributed by atoms with van der Waals surface area (Å²) in [6.07, 6.45) is 3.83. The molecule has 3 aromatic rings. The van der Waals surface area contributed by atoms with E-state index in [9.17, 15) is 0 Å². The molecule has 0 saturated carbocycles. The summed E-state index contributed by atoms with van der Waals surface area (Å²) in [5.41, 5.74) is 1.64. The summed E-state index contributed by atoms with van der Waals surface area (Å²) >= 11 is 6.10. The average Bonchev–Trinajstić information content (AvgIpc) is 3.19. The zero-order valence-corrected chi connectivity index (χ0v) is 21.9. The van der Waals surface area contributed by atoms with Crippen LogP contribution in [-0.4, -0.2) is 74.0 Å². The molecule has 0 spiro atoms. The molecule has 1 atom stereocenters. The number of methoxy groups -OCH3 is 2. The number of ether oxygens (including phenoxy) is 5. The Morgan fingerprint density at radius 3 is 2.75 bits per heavy atom. The summed E-state index contributed by atoms with van der Waals surface area (Å²) < 4.78 is 31.4. The Morgan fingerprint density at radius 2 is 2.00 bits per heavy atom. The topological polar surface area (TPSA) is 67.2 Å². The van der Waals surface area contributed by atoms with Gasteiger partial charge in [-0.1, -0.05) is 23.7 Å². The predicted octanol–water partition coefficient (Wildman–Crippen LogP) is 4.23. The van der Waals surface area contributed by atoms with Crippen molar-refractivity contribution in [2.75, 3.05) is 53.7 Å². The fraction of sp³-hybridized carbons (Fsp3) is 0.444. The van der Waals surface area contributed by atoms with Crippen LogP contribution in [-0.2, 0) is 22.6 Å². The van der Waals surface area contributed by atoms with Gasteiger partial charge in [0, 0.05) is 38.0 Å². The lowest BCUT2D eigenvalue weighted by Gasteiger charge is -2.34. The molecule has 1 saturated heterocycles. The Kier molecular flexibility index (Phi) is 9.09. The highest BCUT2D eigenvalue weighted by molar-refractivity contribution is 6.30. The van der Waals surface area contributed by atoms with Crippen LogP contribution >= 0.6 is 11.6 Å². The Labute approximate surface area is 217 Å². The first kappa shape index (κ1) is 26.3. The molecule has 36 heavy (non-hydrogen) atoms. The number of hydrogen-bond acceptors (Lipinski definition) is 7. The third kappa shape index (κ3) is 7.13. The number of aromatic nitrogens is 2. The Morgan fingerprint density at radius 1 is 1.11 bits per heavy atom.